The van der Waals surface area contributed by atoms with Crippen molar-refractivity contribution in [3.05, 3.63) is 0 Å². The average molecular weight is 292 g/mol. The Morgan fingerprint density at radius 3 is 2.43 bits per heavy atom. The molecule has 1 unspecified atom stereocenters. The molecule has 1 saturated carbocycles. The highest BCUT2D eigenvalue weighted by Gasteiger charge is 2.26. The summed E-state index contributed by atoms with van der Waals surface area (Å²) in [7, 11) is 1.96. The van der Waals surface area contributed by atoms with Gasteiger partial charge in [0.1, 0.15) is 0 Å². The topological polar surface area (TPSA) is 50.6 Å². The van der Waals surface area contributed by atoms with Crippen molar-refractivity contribution in [2.24, 2.45) is 0 Å². The maximum Gasteiger partial charge on any atom is 0.236 e. The summed E-state index contributed by atoms with van der Waals surface area (Å²) in [6.45, 7) is 6.01. The quantitative estimate of drug-likeness (QED) is 0.784. The van der Waals surface area contributed by atoms with Gasteiger partial charge in [-0.1, -0.05) is 19.3 Å². The summed E-state index contributed by atoms with van der Waals surface area (Å²) in [5.74, 6) is 0.253. The Bertz CT molecular complexity index is 378. The zero-order valence-corrected chi connectivity index (χ0v) is 13.4. The van der Waals surface area contributed by atoms with Crippen LogP contribution in [-0.4, -0.2) is 72.5 Å². The highest BCUT2D eigenvalue weighted by atomic mass is 16.2. The van der Waals surface area contributed by atoms with E-state index in [9.17, 15) is 4.79 Å². The first-order valence-electron chi connectivity index (χ1n) is 8.23. The predicted octanol–water partition coefficient (Wildman–Crippen LogP) is 1.31. The van der Waals surface area contributed by atoms with Crippen molar-refractivity contribution in [1.29, 1.82) is 5.26 Å². The molecular weight excluding hydrogens is 264 g/mol. The molecule has 0 aromatic carbocycles. The third kappa shape index (κ3) is 4.42. The van der Waals surface area contributed by atoms with Gasteiger partial charge in [0.15, 0.2) is 0 Å². The van der Waals surface area contributed by atoms with Crippen LogP contribution in [0.15, 0.2) is 0 Å². The monoisotopic (exact) mass is 292 g/mol. The standard InChI is InChI=1S/C16H28N4O/c1-14(12-17)20-10-8-19(9-11-20)13-16(21)18(2)15-6-4-3-5-7-15/h14-15H,3-11,13H2,1-2H3. The van der Waals surface area contributed by atoms with Crippen molar-refractivity contribution in [2.45, 2.75) is 51.1 Å². The lowest BCUT2D eigenvalue weighted by atomic mass is 9.94. The van der Waals surface area contributed by atoms with Crippen LogP contribution >= 0.6 is 0 Å². The van der Waals surface area contributed by atoms with E-state index in [1.54, 1.807) is 0 Å². The van der Waals surface area contributed by atoms with Crippen LogP contribution in [0.2, 0.25) is 0 Å². The minimum atomic E-state index is -0.0206. The Hall–Kier alpha value is -1.12. The van der Waals surface area contributed by atoms with Gasteiger partial charge in [-0.3, -0.25) is 14.6 Å². The van der Waals surface area contributed by atoms with Gasteiger partial charge in [-0.15, -0.1) is 0 Å². The zero-order valence-electron chi connectivity index (χ0n) is 13.4. The molecule has 21 heavy (non-hydrogen) atoms. The molecule has 0 aromatic rings. The number of nitriles is 1. The van der Waals surface area contributed by atoms with Gasteiger partial charge in [0.2, 0.25) is 5.91 Å². The van der Waals surface area contributed by atoms with E-state index >= 15 is 0 Å². The number of rotatable bonds is 4. The molecule has 1 aliphatic heterocycles. The molecule has 5 nitrogen and oxygen atoms in total. The third-order valence-corrected chi connectivity index (χ3v) is 5.02. The average Bonchev–Trinajstić information content (AvgIpc) is 2.55. The zero-order chi connectivity index (χ0) is 15.2. The van der Waals surface area contributed by atoms with Gasteiger partial charge >= 0.3 is 0 Å². The number of carbonyl (C=O) groups is 1. The highest BCUT2D eigenvalue weighted by Crippen LogP contribution is 2.21. The molecule has 0 N–H and O–H groups in total. The van der Waals surface area contributed by atoms with Crippen molar-refractivity contribution in [1.82, 2.24) is 14.7 Å². The fourth-order valence-electron chi connectivity index (χ4n) is 3.37. The molecule has 0 aromatic heterocycles. The van der Waals surface area contributed by atoms with Crippen LogP contribution in [0.3, 0.4) is 0 Å². The molecule has 5 heteroatoms. The lowest BCUT2D eigenvalue weighted by Gasteiger charge is -2.37. The van der Waals surface area contributed by atoms with E-state index in [1.807, 2.05) is 18.9 Å². The van der Waals surface area contributed by atoms with Crippen molar-refractivity contribution in [3.63, 3.8) is 0 Å². The second-order valence-electron chi connectivity index (χ2n) is 6.41. The number of hydrogen-bond donors (Lipinski definition) is 0. The normalized spacial score (nSPS) is 23.5. The Morgan fingerprint density at radius 1 is 1.24 bits per heavy atom. The molecule has 1 saturated heterocycles. The van der Waals surface area contributed by atoms with Gasteiger partial charge in [-0.25, -0.2) is 0 Å². The second-order valence-corrected chi connectivity index (χ2v) is 6.41. The molecule has 0 spiro atoms. The molecule has 1 heterocycles. The summed E-state index contributed by atoms with van der Waals surface area (Å²) in [6, 6.07) is 2.71. The maximum absolute atomic E-state index is 12.4. The third-order valence-electron chi connectivity index (χ3n) is 5.02. The fourth-order valence-corrected chi connectivity index (χ4v) is 3.37. The van der Waals surface area contributed by atoms with Gasteiger partial charge in [-0.05, 0) is 19.8 Å². The molecular formula is C16H28N4O. The molecule has 2 fully saturated rings. The lowest BCUT2D eigenvalue weighted by Crippen LogP contribution is -2.52. The Labute approximate surface area is 128 Å². The van der Waals surface area contributed by atoms with Crippen LogP contribution in [-0.2, 0) is 4.79 Å². The molecule has 1 aliphatic carbocycles. The summed E-state index contributed by atoms with van der Waals surface area (Å²) in [5, 5.41) is 8.95. The number of hydrogen-bond acceptors (Lipinski definition) is 4. The van der Waals surface area contributed by atoms with Crippen LogP contribution in [0.1, 0.15) is 39.0 Å². The van der Waals surface area contributed by atoms with Gasteiger partial charge in [0.25, 0.3) is 0 Å². The van der Waals surface area contributed by atoms with Crippen LogP contribution < -0.4 is 0 Å². The van der Waals surface area contributed by atoms with Gasteiger partial charge in [0, 0.05) is 39.3 Å². The molecule has 1 atom stereocenters. The molecule has 0 bridgehead atoms. The van der Waals surface area contributed by atoms with Crippen LogP contribution in [0.5, 0.6) is 0 Å². The van der Waals surface area contributed by atoms with E-state index in [2.05, 4.69) is 15.9 Å². The minimum Gasteiger partial charge on any atom is -0.342 e. The van der Waals surface area contributed by atoms with Crippen molar-refractivity contribution in [2.75, 3.05) is 39.8 Å². The van der Waals surface area contributed by atoms with E-state index < -0.39 is 0 Å². The number of nitrogens with zero attached hydrogens (tertiary/aromatic N) is 4. The summed E-state index contributed by atoms with van der Waals surface area (Å²) >= 11 is 0. The molecule has 2 rings (SSSR count). The van der Waals surface area contributed by atoms with Gasteiger partial charge in [-0.2, -0.15) is 5.26 Å². The molecule has 1 amide bonds. The Morgan fingerprint density at radius 2 is 1.86 bits per heavy atom. The van der Waals surface area contributed by atoms with Crippen molar-refractivity contribution >= 4 is 5.91 Å². The maximum atomic E-state index is 12.4. The molecule has 0 radical (unpaired) electrons. The smallest absolute Gasteiger partial charge is 0.236 e. The lowest BCUT2D eigenvalue weighted by molar-refractivity contribution is -0.134. The Balaban J connectivity index is 1.75. The second kappa shape index (κ2) is 7.77. The van der Waals surface area contributed by atoms with E-state index in [1.165, 1.54) is 19.3 Å². The highest BCUT2D eigenvalue weighted by molar-refractivity contribution is 5.78. The van der Waals surface area contributed by atoms with Gasteiger partial charge in [0.05, 0.1) is 18.7 Å². The minimum absolute atomic E-state index is 0.0206. The number of carbonyl (C=O) groups excluding carboxylic acids is 1. The van der Waals surface area contributed by atoms with Crippen molar-refractivity contribution in [3.8, 4) is 6.07 Å². The largest absolute Gasteiger partial charge is 0.342 e. The number of piperazine rings is 1. The number of amides is 1. The fraction of sp³-hybridized carbons (Fsp3) is 0.875. The van der Waals surface area contributed by atoms with E-state index in [0.29, 0.717) is 12.6 Å². The van der Waals surface area contributed by atoms with Crippen LogP contribution in [0.4, 0.5) is 0 Å². The first-order chi connectivity index (χ1) is 10.1. The number of likely N-dealkylation sites (N-methyl/N-ethyl adjacent to an activating group) is 1. The SMILES string of the molecule is CC(C#N)N1CCN(CC(=O)N(C)C2CCCCC2)CC1. The summed E-state index contributed by atoms with van der Waals surface area (Å²) in [6.07, 6.45) is 6.16. The van der Waals surface area contributed by atoms with Crippen LogP contribution in [0, 0.1) is 11.3 Å². The summed E-state index contributed by atoms with van der Waals surface area (Å²) < 4.78 is 0. The van der Waals surface area contributed by atoms with E-state index in [-0.39, 0.29) is 11.9 Å². The summed E-state index contributed by atoms with van der Waals surface area (Å²) in [4.78, 5) is 18.8. The van der Waals surface area contributed by atoms with E-state index in [0.717, 1.165) is 39.0 Å². The first-order valence-corrected chi connectivity index (χ1v) is 8.23. The first kappa shape index (κ1) is 16.3. The molecule has 118 valence electrons. The molecule has 2 aliphatic rings. The van der Waals surface area contributed by atoms with E-state index in [4.69, 9.17) is 5.26 Å². The Kier molecular flexibility index (Phi) is 6.01. The van der Waals surface area contributed by atoms with Gasteiger partial charge < -0.3 is 4.90 Å². The summed E-state index contributed by atoms with van der Waals surface area (Å²) in [5.41, 5.74) is 0. The van der Waals surface area contributed by atoms with Crippen molar-refractivity contribution < 1.29 is 4.79 Å². The van der Waals surface area contributed by atoms with Crippen LogP contribution in [0.25, 0.3) is 0 Å². The predicted molar refractivity (Wildman–Crippen MR) is 82.7 cm³/mol.